The summed E-state index contributed by atoms with van der Waals surface area (Å²) >= 11 is 0. The van der Waals surface area contributed by atoms with E-state index in [1.54, 1.807) is 6.20 Å². The number of carbonyl (C=O) groups excluding carboxylic acids is 2. The number of carbonyl (C=O) groups is 2. The Morgan fingerprint density at radius 1 is 1.22 bits per heavy atom. The summed E-state index contributed by atoms with van der Waals surface area (Å²) in [7, 11) is 0. The van der Waals surface area contributed by atoms with Gasteiger partial charge in [-0.2, -0.15) is 0 Å². The molecule has 0 atom stereocenters. The van der Waals surface area contributed by atoms with Crippen LogP contribution in [0.15, 0.2) is 18.3 Å². The molecule has 0 aromatic carbocycles. The molecule has 96 valence electrons. The lowest BCUT2D eigenvalue weighted by Gasteiger charge is -2.18. The fourth-order valence-corrected chi connectivity index (χ4v) is 2.06. The van der Waals surface area contributed by atoms with Crippen molar-refractivity contribution in [3.05, 3.63) is 29.6 Å². The monoisotopic (exact) mass is 247 g/mol. The quantitative estimate of drug-likeness (QED) is 0.807. The summed E-state index contributed by atoms with van der Waals surface area (Å²) in [5.74, 6) is -0.160. The van der Waals surface area contributed by atoms with Gasteiger partial charge in [-0.25, -0.2) is 0 Å². The number of rotatable bonds is 3. The Labute approximate surface area is 106 Å². The molecule has 1 saturated heterocycles. The topological polar surface area (TPSA) is 76.3 Å². The summed E-state index contributed by atoms with van der Waals surface area (Å²) in [6, 6.07) is 3.65. The van der Waals surface area contributed by atoms with Crippen LogP contribution < -0.4 is 5.73 Å². The first kappa shape index (κ1) is 12.7. The van der Waals surface area contributed by atoms with Crippen molar-refractivity contribution in [2.45, 2.75) is 38.8 Å². The second-order valence-electron chi connectivity index (χ2n) is 4.44. The molecule has 0 bridgehead atoms. The zero-order valence-electron chi connectivity index (χ0n) is 10.3. The highest BCUT2D eigenvalue weighted by molar-refractivity contribution is 5.95. The summed E-state index contributed by atoms with van der Waals surface area (Å²) in [5.41, 5.74) is 7.18. The smallest absolute Gasteiger partial charge is 0.229 e. The van der Waals surface area contributed by atoms with E-state index >= 15 is 0 Å². The Bertz CT molecular complexity index is 441. The van der Waals surface area contributed by atoms with Crippen LogP contribution in [0.1, 0.15) is 36.9 Å². The van der Waals surface area contributed by atoms with E-state index in [1.165, 1.54) is 4.90 Å². The van der Waals surface area contributed by atoms with Gasteiger partial charge in [0.1, 0.15) is 0 Å². The Balaban J connectivity index is 2.14. The molecule has 2 heterocycles. The van der Waals surface area contributed by atoms with Crippen LogP contribution in [0.2, 0.25) is 0 Å². The normalized spacial score (nSPS) is 16.8. The largest absolute Gasteiger partial charge is 0.325 e. The number of aromatic nitrogens is 1. The Kier molecular flexibility index (Phi) is 4.04. The predicted molar refractivity (Wildman–Crippen MR) is 66.2 cm³/mol. The lowest BCUT2D eigenvalue weighted by atomic mass is 10.2. The van der Waals surface area contributed by atoms with Crippen molar-refractivity contribution in [1.29, 1.82) is 0 Å². The van der Waals surface area contributed by atoms with E-state index in [0.29, 0.717) is 25.9 Å². The van der Waals surface area contributed by atoms with Crippen LogP contribution in [-0.2, 0) is 22.7 Å². The minimum Gasteiger partial charge on any atom is -0.325 e. The third kappa shape index (κ3) is 2.92. The van der Waals surface area contributed by atoms with E-state index in [4.69, 9.17) is 5.73 Å². The van der Waals surface area contributed by atoms with Crippen LogP contribution >= 0.6 is 0 Å². The molecule has 5 nitrogen and oxygen atoms in total. The number of imide groups is 1. The highest BCUT2D eigenvalue weighted by atomic mass is 16.2. The lowest BCUT2D eigenvalue weighted by molar-refractivity contribution is -0.144. The van der Waals surface area contributed by atoms with E-state index in [0.717, 1.165) is 24.1 Å². The summed E-state index contributed by atoms with van der Waals surface area (Å²) < 4.78 is 0. The summed E-state index contributed by atoms with van der Waals surface area (Å²) in [5, 5.41) is 0. The Hall–Kier alpha value is -1.75. The van der Waals surface area contributed by atoms with E-state index in [9.17, 15) is 9.59 Å². The average Bonchev–Trinajstić information content (AvgIpc) is 2.54. The van der Waals surface area contributed by atoms with Crippen LogP contribution in [-0.4, -0.2) is 21.7 Å². The molecule has 1 fully saturated rings. The molecule has 0 spiro atoms. The van der Waals surface area contributed by atoms with Crippen LogP contribution in [0.4, 0.5) is 0 Å². The molecule has 0 radical (unpaired) electrons. The lowest BCUT2D eigenvalue weighted by Crippen LogP contribution is -2.34. The summed E-state index contributed by atoms with van der Waals surface area (Å²) in [6.45, 7) is 0.683. The maximum atomic E-state index is 11.8. The fourth-order valence-electron chi connectivity index (χ4n) is 2.06. The third-order valence-electron chi connectivity index (χ3n) is 3.06. The van der Waals surface area contributed by atoms with Crippen LogP contribution in [0.3, 0.4) is 0 Å². The van der Waals surface area contributed by atoms with E-state index < -0.39 is 0 Å². The maximum absolute atomic E-state index is 11.8. The summed E-state index contributed by atoms with van der Waals surface area (Å²) in [6.07, 6.45) is 4.17. The van der Waals surface area contributed by atoms with Gasteiger partial charge in [-0.15, -0.1) is 0 Å². The molecule has 2 rings (SSSR count). The number of hydrogen-bond donors (Lipinski definition) is 1. The second kappa shape index (κ2) is 5.73. The predicted octanol–water partition coefficient (Wildman–Crippen LogP) is 0.969. The van der Waals surface area contributed by atoms with Gasteiger partial charge in [0.05, 0.1) is 12.2 Å². The highest BCUT2D eigenvalue weighted by Gasteiger charge is 2.23. The maximum Gasteiger partial charge on any atom is 0.229 e. The fraction of sp³-hybridized carbons (Fsp3) is 0.462. The van der Waals surface area contributed by atoms with Crippen molar-refractivity contribution in [2.75, 3.05) is 0 Å². The van der Waals surface area contributed by atoms with Gasteiger partial charge in [0, 0.05) is 25.6 Å². The molecule has 18 heavy (non-hydrogen) atoms. The SMILES string of the molecule is NCc1cc(CN2C(=O)CCCCC2=O)ccn1. The number of hydrogen-bond acceptors (Lipinski definition) is 4. The van der Waals surface area contributed by atoms with Gasteiger partial charge < -0.3 is 5.73 Å². The molecule has 1 aromatic heterocycles. The molecule has 0 aliphatic carbocycles. The van der Waals surface area contributed by atoms with Crippen LogP contribution in [0.5, 0.6) is 0 Å². The first-order chi connectivity index (χ1) is 8.70. The standard InChI is InChI=1S/C13H17N3O2/c14-8-11-7-10(5-6-15-11)9-16-12(17)3-1-2-4-13(16)18/h5-7H,1-4,8-9,14H2. The molecule has 1 aliphatic rings. The van der Waals surface area contributed by atoms with Gasteiger partial charge >= 0.3 is 0 Å². The highest BCUT2D eigenvalue weighted by Crippen LogP contribution is 2.15. The molecule has 2 amide bonds. The van der Waals surface area contributed by atoms with Gasteiger partial charge in [-0.05, 0) is 30.5 Å². The van der Waals surface area contributed by atoms with Gasteiger partial charge in [0.25, 0.3) is 0 Å². The summed E-state index contributed by atoms with van der Waals surface area (Å²) in [4.78, 5) is 29.1. The molecule has 1 aromatic rings. The van der Waals surface area contributed by atoms with Gasteiger partial charge in [-0.3, -0.25) is 19.5 Å². The average molecular weight is 247 g/mol. The number of nitrogens with two attached hydrogens (primary N) is 1. The van der Waals surface area contributed by atoms with Gasteiger partial charge in [0.15, 0.2) is 0 Å². The molecular weight excluding hydrogens is 230 g/mol. The molecule has 0 unspecified atom stereocenters. The zero-order valence-corrected chi connectivity index (χ0v) is 10.3. The van der Waals surface area contributed by atoms with E-state index in [2.05, 4.69) is 4.98 Å². The first-order valence-electron chi connectivity index (χ1n) is 6.18. The van der Waals surface area contributed by atoms with Crippen molar-refractivity contribution in [1.82, 2.24) is 9.88 Å². The minimum atomic E-state index is -0.0800. The second-order valence-corrected chi connectivity index (χ2v) is 4.44. The third-order valence-corrected chi connectivity index (χ3v) is 3.06. The number of pyridine rings is 1. The number of amides is 2. The molecule has 1 aliphatic heterocycles. The zero-order chi connectivity index (χ0) is 13.0. The first-order valence-corrected chi connectivity index (χ1v) is 6.18. The number of likely N-dealkylation sites (tertiary alicyclic amines) is 1. The van der Waals surface area contributed by atoms with Gasteiger partial charge in [-0.1, -0.05) is 0 Å². The van der Waals surface area contributed by atoms with Crippen molar-refractivity contribution in [3.8, 4) is 0 Å². The Morgan fingerprint density at radius 2 is 1.89 bits per heavy atom. The van der Waals surface area contributed by atoms with Crippen LogP contribution in [0.25, 0.3) is 0 Å². The van der Waals surface area contributed by atoms with E-state index in [-0.39, 0.29) is 11.8 Å². The van der Waals surface area contributed by atoms with E-state index in [1.807, 2.05) is 12.1 Å². The van der Waals surface area contributed by atoms with Crippen molar-refractivity contribution < 1.29 is 9.59 Å². The van der Waals surface area contributed by atoms with Crippen molar-refractivity contribution in [2.24, 2.45) is 5.73 Å². The molecule has 2 N–H and O–H groups in total. The minimum absolute atomic E-state index is 0.0800. The molecular formula is C13H17N3O2. The van der Waals surface area contributed by atoms with Crippen molar-refractivity contribution >= 4 is 11.8 Å². The van der Waals surface area contributed by atoms with Gasteiger partial charge in [0.2, 0.25) is 11.8 Å². The number of nitrogens with zero attached hydrogens (tertiary/aromatic N) is 2. The van der Waals surface area contributed by atoms with Crippen molar-refractivity contribution in [3.63, 3.8) is 0 Å². The molecule has 0 saturated carbocycles. The Morgan fingerprint density at radius 3 is 2.50 bits per heavy atom. The molecule has 5 heteroatoms. The van der Waals surface area contributed by atoms with Crippen LogP contribution in [0, 0.1) is 0 Å².